The fourth-order valence-electron chi connectivity index (χ4n) is 11.3. The van der Waals surface area contributed by atoms with E-state index in [9.17, 15) is 9.59 Å². The van der Waals surface area contributed by atoms with Crippen molar-refractivity contribution in [3.05, 3.63) is 215 Å². The molecule has 6 aromatic carbocycles. The van der Waals surface area contributed by atoms with Gasteiger partial charge in [0.15, 0.2) is 6.29 Å². The zero-order chi connectivity index (χ0) is 61.3. The molecule has 13 nitrogen and oxygen atoms in total. The van der Waals surface area contributed by atoms with Gasteiger partial charge >= 0.3 is 6.09 Å². The van der Waals surface area contributed by atoms with E-state index in [1.165, 1.54) is 57.8 Å². The first-order valence-electron chi connectivity index (χ1n) is 32.8. The van der Waals surface area contributed by atoms with Crippen LogP contribution in [-0.2, 0) is 82.3 Å². The van der Waals surface area contributed by atoms with E-state index in [4.69, 9.17) is 43.0 Å². The predicted octanol–water partition coefficient (Wildman–Crippen LogP) is 16.1. The summed E-state index contributed by atoms with van der Waals surface area (Å²) in [5.41, 5.74) is 6.00. The van der Waals surface area contributed by atoms with E-state index in [0.717, 1.165) is 78.3 Å². The first-order chi connectivity index (χ1) is 43.4. The number of hydrogen-bond acceptors (Lipinski definition) is 10. The van der Waals surface area contributed by atoms with Crippen molar-refractivity contribution in [1.82, 2.24) is 10.6 Å². The smallest absolute Gasteiger partial charge is 0.404 e. The number of nitrogens with one attached hydrogen (secondary N) is 2. The predicted molar refractivity (Wildman–Crippen MR) is 347 cm³/mol. The molecule has 1 aliphatic rings. The Kier molecular flexibility index (Phi) is 33.5. The van der Waals surface area contributed by atoms with Gasteiger partial charge in [-0.25, -0.2) is 4.79 Å². The lowest BCUT2D eigenvalue weighted by Crippen LogP contribution is -2.62. The Labute approximate surface area is 525 Å². The molecule has 476 valence electrons. The van der Waals surface area contributed by atoms with E-state index >= 15 is 0 Å². The second-order valence-corrected chi connectivity index (χ2v) is 23.4. The van der Waals surface area contributed by atoms with Gasteiger partial charge in [0.1, 0.15) is 30.5 Å². The van der Waals surface area contributed by atoms with Crippen LogP contribution < -0.4 is 10.6 Å². The SMILES string of the molecule is CCCCCCCCCCCCCCC(OCc1ccccc1)C(OCc1ccccc1)C(CO[C@H]1O[C@H](COCc2ccccc2)[C@H](OCc2ccccc2)[C@H](OCc2ccccc2)[C@H]1OCc1ccccc1)NC(=O)CCCCCCCNC(=O)O. The first-order valence-corrected chi connectivity index (χ1v) is 32.8. The lowest BCUT2D eigenvalue weighted by molar-refractivity contribution is -0.330. The zero-order valence-electron chi connectivity index (χ0n) is 52.3. The quantitative estimate of drug-likeness (QED) is 0.0313. The van der Waals surface area contributed by atoms with E-state index in [1.54, 1.807) is 0 Å². The number of carboxylic acid groups (broad SMARTS) is 1. The monoisotopic (exact) mass is 1200 g/mol. The van der Waals surface area contributed by atoms with Gasteiger partial charge in [0.05, 0.1) is 65.0 Å². The molecule has 13 heteroatoms. The van der Waals surface area contributed by atoms with Crippen LogP contribution in [0.1, 0.15) is 162 Å². The Hall–Kier alpha value is -6.26. The van der Waals surface area contributed by atoms with Crippen LogP contribution >= 0.6 is 0 Å². The van der Waals surface area contributed by atoms with Crippen molar-refractivity contribution < 1.29 is 52.6 Å². The standard InChI is InChI=1S/C75H100N2O11/c1-2-3-4-5-6-7-8-9-10-11-13-34-49-67(82-53-61-39-24-17-25-40-61)70(83-54-62-41-26-18-27-42-62)66(77-69(78)50-35-14-12-15-36-51-76-75(79)80)58-87-74-73(86-57-65-47-32-21-33-48-65)72(85-56-64-45-30-20-31-46-64)71(84-55-63-43-28-19-29-44-63)68(88-74)59-81-52-60-37-22-16-23-38-60/h16-33,37-48,66-68,70-74,76H,2-15,34-36,49-59H2,1H3,(H,77,78)(H,79,80)/t66?,67?,68-,70?,71+,72+,73-,74+/m1/s1. The second kappa shape index (κ2) is 42.6. The lowest BCUT2D eigenvalue weighted by atomic mass is 9.97. The summed E-state index contributed by atoms with van der Waals surface area (Å²) in [6.45, 7) is 4.55. The maximum atomic E-state index is 14.6. The molecule has 1 aliphatic heterocycles. The Morgan fingerprint density at radius 1 is 0.455 bits per heavy atom. The van der Waals surface area contributed by atoms with Crippen LogP contribution in [0.4, 0.5) is 4.79 Å². The molecule has 88 heavy (non-hydrogen) atoms. The first kappa shape index (κ1) is 69.2. The molecule has 3 N–H and O–H groups in total. The zero-order valence-corrected chi connectivity index (χ0v) is 52.3. The van der Waals surface area contributed by atoms with Gasteiger partial charge in [-0.05, 0) is 52.6 Å². The van der Waals surface area contributed by atoms with Crippen molar-refractivity contribution in [3.63, 3.8) is 0 Å². The number of rotatable bonds is 46. The second-order valence-electron chi connectivity index (χ2n) is 23.4. The molecule has 0 saturated carbocycles. The highest BCUT2D eigenvalue weighted by Crippen LogP contribution is 2.33. The maximum absolute atomic E-state index is 14.6. The van der Waals surface area contributed by atoms with Gasteiger partial charge in [0.2, 0.25) is 5.91 Å². The number of benzene rings is 6. The van der Waals surface area contributed by atoms with Gasteiger partial charge in [-0.1, -0.05) is 285 Å². The Morgan fingerprint density at radius 2 is 0.864 bits per heavy atom. The van der Waals surface area contributed by atoms with Gasteiger partial charge in [-0.15, -0.1) is 0 Å². The van der Waals surface area contributed by atoms with Crippen molar-refractivity contribution in [2.75, 3.05) is 19.8 Å². The van der Waals surface area contributed by atoms with Gasteiger partial charge in [0, 0.05) is 13.0 Å². The fourth-order valence-corrected chi connectivity index (χ4v) is 11.3. The summed E-state index contributed by atoms with van der Waals surface area (Å²) in [7, 11) is 0. The summed E-state index contributed by atoms with van der Waals surface area (Å²) in [4.78, 5) is 25.7. The molecular formula is C75H100N2O11. The topological polar surface area (TPSA) is 152 Å². The number of unbranched alkanes of at least 4 members (excludes halogenated alkanes) is 15. The maximum Gasteiger partial charge on any atom is 0.404 e. The third kappa shape index (κ3) is 27.2. The van der Waals surface area contributed by atoms with Crippen molar-refractivity contribution in [2.24, 2.45) is 0 Å². The molecule has 3 unspecified atom stereocenters. The molecule has 1 heterocycles. The van der Waals surface area contributed by atoms with E-state index in [0.29, 0.717) is 32.6 Å². The summed E-state index contributed by atoms with van der Waals surface area (Å²) < 4.78 is 56.5. The van der Waals surface area contributed by atoms with Gasteiger partial charge in [-0.3, -0.25) is 4.79 Å². The summed E-state index contributed by atoms with van der Waals surface area (Å²) in [5.74, 6) is -0.131. The minimum Gasteiger partial charge on any atom is -0.465 e. The fraction of sp³-hybridized carbons (Fsp3) is 0.493. The number of hydrogen-bond donors (Lipinski definition) is 3. The average molecular weight is 1210 g/mol. The summed E-state index contributed by atoms with van der Waals surface area (Å²) in [6.07, 6.45) is 13.5. The Bertz CT molecular complexity index is 2700. The van der Waals surface area contributed by atoms with E-state index in [1.807, 2.05) is 158 Å². The highest BCUT2D eigenvalue weighted by atomic mass is 16.7. The van der Waals surface area contributed by atoms with E-state index in [-0.39, 0.29) is 52.0 Å². The summed E-state index contributed by atoms with van der Waals surface area (Å²) in [5, 5.41) is 15.0. The number of ether oxygens (including phenoxy) is 8. The van der Waals surface area contributed by atoms with E-state index in [2.05, 4.69) is 41.8 Å². The molecule has 0 aromatic heterocycles. The molecule has 6 aromatic rings. The highest BCUT2D eigenvalue weighted by Gasteiger charge is 2.50. The van der Waals surface area contributed by atoms with Gasteiger partial charge in [0.25, 0.3) is 0 Å². The molecule has 0 bridgehead atoms. The molecule has 8 atom stereocenters. The number of amides is 2. The van der Waals surface area contributed by atoms with Crippen LogP contribution in [0, 0.1) is 0 Å². The molecule has 0 aliphatic carbocycles. The summed E-state index contributed by atoms with van der Waals surface area (Å²) in [6, 6.07) is 59.9. The third-order valence-corrected chi connectivity index (χ3v) is 16.2. The van der Waals surface area contributed by atoms with Crippen molar-refractivity contribution in [3.8, 4) is 0 Å². The van der Waals surface area contributed by atoms with Crippen LogP contribution in [0.3, 0.4) is 0 Å². The van der Waals surface area contributed by atoms with Crippen molar-refractivity contribution >= 4 is 12.0 Å². The third-order valence-electron chi connectivity index (χ3n) is 16.2. The number of carbonyl (C=O) groups is 2. The van der Waals surface area contributed by atoms with Gasteiger partial charge < -0.3 is 53.6 Å². The Balaban J connectivity index is 1.21. The van der Waals surface area contributed by atoms with Crippen LogP contribution in [0.25, 0.3) is 0 Å². The summed E-state index contributed by atoms with van der Waals surface area (Å²) >= 11 is 0. The molecule has 0 spiro atoms. The number of carbonyl (C=O) groups excluding carboxylic acids is 1. The molecule has 2 amide bonds. The minimum atomic E-state index is -1.05. The lowest BCUT2D eigenvalue weighted by Gasteiger charge is -2.46. The van der Waals surface area contributed by atoms with Crippen molar-refractivity contribution in [2.45, 2.75) is 218 Å². The Morgan fingerprint density at radius 3 is 1.35 bits per heavy atom. The van der Waals surface area contributed by atoms with Crippen LogP contribution in [0.15, 0.2) is 182 Å². The molecule has 1 saturated heterocycles. The van der Waals surface area contributed by atoms with Crippen LogP contribution in [0.2, 0.25) is 0 Å². The van der Waals surface area contributed by atoms with Crippen LogP contribution in [0.5, 0.6) is 0 Å². The molecular weight excluding hydrogens is 1100 g/mol. The normalized spacial score (nSPS) is 17.7. The molecule has 0 radical (unpaired) electrons. The minimum absolute atomic E-state index is 0.0280. The average Bonchev–Trinajstić information content (AvgIpc) is 2.08. The van der Waals surface area contributed by atoms with Crippen molar-refractivity contribution in [1.29, 1.82) is 0 Å². The van der Waals surface area contributed by atoms with E-state index < -0.39 is 55.0 Å². The molecule has 1 fully saturated rings. The van der Waals surface area contributed by atoms with Gasteiger partial charge in [-0.2, -0.15) is 0 Å². The molecule has 7 rings (SSSR count). The van der Waals surface area contributed by atoms with Crippen LogP contribution in [-0.4, -0.2) is 85.8 Å². The largest absolute Gasteiger partial charge is 0.465 e. The highest BCUT2D eigenvalue weighted by molar-refractivity contribution is 5.76.